The Labute approximate surface area is 111 Å². The molecule has 0 spiro atoms. The Kier molecular flexibility index (Phi) is 3.03. The standard InChI is InChI=1S/C13H15N5O/c14-7-9-5-6-12(17-16-9)18-8-13(19)15-10-3-1-2-4-11(10)18/h5-6,10-11H,1-4,8H2,(H,15,19). The summed E-state index contributed by atoms with van der Waals surface area (Å²) in [5.41, 5.74) is 0.297. The molecule has 2 aliphatic rings. The number of hydrogen-bond donors (Lipinski definition) is 1. The number of amides is 1. The minimum Gasteiger partial charge on any atom is -0.350 e. The fourth-order valence-electron chi connectivity index (χ4n) is 2.97. The summed E-state index contributed by atoms with van der Waals surface area (Å²) in [5, 5.41) is 19.7. The molecule has 1 saturated carbocycles. The van der Waals surface area contributed by atoms with E-state index in [1.54, 1.807) is 12.1 Å². The van der Waals surface area contributed by atoms with Gasteiger partial charge in [0, 0.05) is 6.04 Å². The second-order valence-corrected chi connectivity index (χ2v) is 5.04. The number of carbonyl (C=O) groups excluding carboxylic acids is 1. The average molecular weight is 257 g/mol. The lowest BCUT2D eigenvalue weighted by Gasteiger charge is -2.44. The molecule has 1 saturated heterocycles. The molecule has 2 heterocycles. The molecule has 1 aliphatic carbocycles. The average Bonchev–Trinajstić information content (AvgIpc) is 2.46. The van der Waals surface area contributed by atoms with Gasteiger partial charge < -0.3 is 10.2 Å². The minimum absolute atomic E-state index is 0.0364. The van der Waals surface area contributed by atoms with E-state index < -0.39 is 0 Å². The number of piperazine rings is 1. The first kappa shape index (κ1) is 11.9. The molecule has 6 nitrogen and oxygen atoms in total. The molecule has 0 radical (unpaired) electrons. The SMILES string of the molecule is N#Cc1ccc(N2CC(=O)NC3CCCCC32)nn1. The van der Waals surface area contributed by atoms with Gasteiger partial charge in [-0.15, -0.1) is 10.2 Å². The van der Waals surface area contributed by atoms with Crippen LogP contribution >= 0.6 is 0 Å². The summed E-state index contributed by atoms with van der Waals surface area (Å²) in [6, 6.07) is 5.88. The van der Waals surface area contributed by atoms with Crippen molar-refractivity contribution in [3.8, 4) is 6.07 Å². The van der Waals surface area contributed by atoms with Crippen LogP contribution in [0.5, 0.6) is 0 Å². The molecule has 1 aromatic rings. The molecule has 1 aromatic heterocycles. The maximum atomic E-state index is 11.8. The van der Waals surface area contributed by atoms with Gasteiger partial charge in [0.05, 0.1) is 12.6 Å². The van der Waals surface area contributed by atoms with Gasteiger partial charge in [-0.3, -0.25) is 4.79 Å². The molecule has 98 valence electrons. The van der Waals surface area contributed by atoms with Crippen molar-refractivity contribution in [2.75, 3.05) is 11.4 Å². The van der Waals surface area contributed by atoms with Gasteiger partial charge in [-0.25, -0.2) is 0 Å². The Bertz CT molecular complexity index is 521. The van der Waals surface area contributed by atoms with Gasteiger partial charge in [0.1, 0.15) is 6.07 Å². The molecule has 1 N–H and O–H groups in total. The van der Waals surface area contributed by atoms with Crippen LogP contribution in [0.4, 0.5) is 5.82 Å². The fourth-order valence-corrected chi connectivity index (χ4v) is 2.97. The van der Waals surface area contributed by atoms with E-state index in [1.165, 1.54) is 6.42 Å². The number of fused-ring (bicyclic) bond motifs is 1. The minimum atomic E-state index is 0.0364. The summed E-state index contributed by atoms with van der Waals surface area (Å²) in [6.45, 7) is 0.321. The Morgan fingerprint density at radius 2 is 2.16 bits per heavy atom. The van der Waals surface area contributed by atoms with E-state index in [4.69, 9.17) is 5.26 Å². The van der Waals surface area contributed by atoms with E-state index in [-0.39, 0.29) is 11.9 Å². The molecule has 3 rings (SSSR count). The Balaban J connectivity index is 1.87. The summed E-state index contributed by atoms with van der Waals surface area (Å²) in [7, 11) is 0. The van der Waals surface area contributed by atoms with E-state index in [0.29, 0.717) is 24.1 Å². The first-order chi connectivity index (χ1) is 9.28. The molecule has 2 unspecified atom stereocenters. The molecule has 1 aliphatic heterocycles. The highest BCUT2D eigenvalue weighted by atomic mass is 16.2. The van der Waals surface area contributed by atoms with Crippen molar-refractivity contribution < 1.29 is 4.79 Å². The van der Waals surface area contributed by atoms with E-state index in [2.05, 4.69) is 15.5 Å². The van der Waals surface area contributed by atoms with Crippen molar-refractivity contribution in [3.63, 3.8) is 0 Å². The van der Waals surface area contributed by atoms with Gasteiger partial charge >= 0.3 is 0 Å². The smallest absolute Gasteiger partial charge is 0.239 e. The molecular weight excluding hydrogens is 242 g/mol. The monoisotopic (exact) mass is 257 g/mol. The molecule has 0 aromatic carbocycles. The van der Waals surface area contributed by atoms with E-state index >= 15 is 0 Å². The zero-order valence-corrected chi connectivity index (χ0v) is 10.5. The third-order valence-corrected chi connectivity index (χ3v) is 3.85. The van der Waals surface area contributed by atoms with Crippen LogP contribution in [-0.2, 0) is 4.79 Å². The third kappa shape index (κ3) is 2.24. The van der Waals surface area contributed by atoms with Crippen LogP contribution in [0.25, 0.3) is 0 Å². The lowest BCUT2D eigenvalue weighted by atomic mass is 9.87. The van der Waals surface area contributed by atoms with Crippen LogP contribution in [-0.4, -0.2) is 34.7 Å². The summed E-state index contributed by atoms with van der Waals surface area (Å²) >= 11 is 0. The number of rotatable bonds is 1. The van der Waals surface area contributed by atoms with E-state index in [9.17, 15) is 4.79 Å². The van der Waals surface area contributed by atoms with Crippen LogP contribution in [0, 0.1) is 11.3 Å². The molecule has 2 fully saturated rings. The van der Waals surface area contributed by atoms with Crippen LogP contribution in [0.2, 0.25) is 0 Å². The Morgan fingerprint density at radius 1 is 1.32 bits per heavy atom. The second kappa shape index (κ2) is 4.84. The van der Waals surface area contributed by atoms with Crippen LogP contribution in [0.1, 0.15) is 31.4 Å². The van der Waals surface area contributed by atoms with Crippen molar-refractivity contribution in [2.45, 2.75) is 37.8 Å². The normalized spacial score (nSPS) is 26.3. The zero-order valence-electron chi connectivity index (χ0n) is 10.5. The first-order valence-corrected chi connectivity index (χ1v) is 6.58. The van der Waals surface area contributed by atoms with Crippen molar-refractivity contribution in [1.82, 2.24) is 15.5 Å². The number of carbonyl (C=O) groups is 1. The Morgan fingerprint density at radius 3 is 2.89 bits per heavy atom. The number of anilines is 1. The summed E-state index contributed by atoms with van der Waals surface area (Å²) in [6.07, 6.45) is 4.43. The number of nitriles is 1. The largest absolute Gasteiger partial charge is 0.350 e. The van der Waals surface area contributed by atoms with Crippen molar-refractivity contribution in [3.05, 3.63) is 17.8 Å². The predicted molar refractivity (Wildman–Crippen MR) is 68.3 cm³/mol. The topological polar surface area (TPSA) is 81.9 Å². The molecule has 0 bridgehead atoms. The van der Waals surface area contributed by atoms with Crippen LogP contribution in [0.3, 0.4) is 0 Å². The van der Waals surface area contributed by atoms with Crippen molar-refractivity contribution in [1.29, 1.82) is 5.26 Å². The molecular formula is C13H15N5O. The zero-order chi connectivity index (χ0) is 13.2. The second-order valence-electron chi connectivity index (χ2n) is 5.04. The van der Waals surface area contributed by atoms with Gasteiger partial charge in [0.2, 0.25) is 5.91 Å². The van der Waals surface area contributed by atoms with Crippen molar-refractivity contribution in [2.24, 2.45) is 0 Å². The molecule has 19 heavy (non-hydrogen) atoms. The number of nitrogens with one attached hydrogen (secondary N) is 1. The van der Waals surface area contributed by atoms with Crippen molar-refractivity contribution >= 4 is 11.7 Å². The molecule has 1 amide bonds. The van der Waals surface area contributed by atoms with Gasteiger partial charge in [0.15, 0.2) is 11.5 Å². The predicted octanol–water partition coefficient (Wildman–Crippen LogP) is 0.596. The third-order valence-electron chi connectivity index (χ3n) is 3.85. The number of nitrogens with zero attached hydrogens (tertiary/aromatic N) is 4. The lowest BCUT2D eigenvalue weighted by Crippen LogP contribution is -2.62. The quantitative estimate of drug-likeness (QED) is 0.796. The Hall–Kier alpha value is -2.16. The van der Waals surface area contributed by atoms with E-state index in [1.807, 2.05) is 11.0 Å². The van der Waals surface area contributed by atoms with E-state index in [0.717, 1.165) is 19.3 Å². The highest BCUT2D eigenvalue weighted by Gasteiger charge is 2.37. The van der Waals surface area contributed by atoms with Crippen LogP contribution in [0.15, 0.2) is 12.1 Å². The number of aromatic nitrogens is 2. The maximum Gasteiger partial charge on any atom is 0.239 e. The number of hydrogen-bond acceptors (Lipinski definition) is 5. The summed E-state index contributed by atoms with van der Waals surface area (Å²) in [4.78, 5) is 13.8. The molecule has 6 heteroatoms. The molecule has 2 atom stereocenters. The highest BCUT2D eigenvalue weighted by Crippen LogP contribution is 2.28. The lowest BCUT2D eigenvalue weighted by molar-refractivity contribution is -0.122. The highest BCUT2D eigenvalue weighted by molar-refractivity contribution is 5.83. The van der Waals surface area contributed by atoms with Gasteiger partial charge in [-0.2, -0.15) is 5.26 Å². The maximum absolute atomic E-state index is 11.8. The first-order valence-electron chi connectivity index (χ1n) is 6.58. The summed E-state index contributed by atoms with van der Waals surface area (Å²) in [5.74, 6) is 0.722. The van der Waals surface area contributed by atoms with Gasteiger partial charge in [-0.05, 0) is 25.0 Å². The van der Waals surface area contributed by atoms with Gasteiger partial charge in [-0.1, -0.05) is 12.8 Å². The fraction of sp³-hybridized carbons (Fsp3) is 0.538. The summed E-state index contributed by atoms with van der Waals surface area (Å²) < 4.78 is 0. The van der Waals surface area contributed by atoms with Gasteiger partial charge in [0.25, 0.3) is 0 Å². The van der Waals surface area contributed by atoms with Crippen LogP contribution < -0.4 is 10.2 Å².